The highest BCUT2D eigenvalue weighted by atomic mass is 32.1. The second-order valence-corrected chi connectivity index (χ2v) is 7.46. The maximum atomic E-state index is 13.0. The van der Waals surface area contributed by atoms with Gasteiger partial charge >= 0.3 is 0 Å². The van der Waals surface area contributed by atoms with Crippen molar-refractivity contribution >= 4 is 22.9 Å². The molecule has 1 amide bonds. The zero-order chi connectivity index (χ0) is 16.9. The van der Waals surface area contributed by atoms with Crippen LogP contribution >= 0.6 is 11.3 Å². The third-order valence-electron chi connectivity index (χ3n) is 4.75. The van der Waals surface area contributed by atoms with Crippen LogP contribution in [0, 0.1) is 0 Å². The summed E-state index contributed by atoms with van der Waals surface area (Å²) in [5.41, 5.74) is 1.67. The number of carbonyl (C=O) groups excluding carboxylic acids is 1. The lowest BCUT2D eigenvalue weighted by Gasteiger charge is -2.35. The van der Waals surface area contributed by atoms with Gasteiger partial charge in [-0.05, 0) is 56.6 Å². The number of para-hydroxylation sites is 1. The summed E-state index contributed by atoms with van der Waals surface area (Å²) in [5, 5.41) is 5.49. The number of hydrogen-bond acceptors (Lipinski definition) is 4. The number of nitrogens with one attached hydrogen (secondary N) is 1. The van der Waals surface area contributed by atoms with Gasteiger partial charge < -0.3 is 15.1 Å². The van der Waals surface area contributed by atoms with Crippen LogP contribution in [0.1, 0.15) is 28.1 Å². The topological polar surface area (TPSA) is 35.6 Å². The van der Waals surface area contributed by atoms with Crippen LogP contribution < -0.4 is 5.32 Å². The summed E-state index contributed by atoms with van der Waals surface area (Å²) >= 11 is 1.72. The number of rotatable bonds is 5. The summed E-state index contributed by atoms with van der Waals surface area (Å²) in [6, 6.07) is 12.3. The normalized spacial score (nSPS) is 16.1. The predicted molar refractivity (Wildman–Crippen MR) is 101 cm³/mol. The zero-order valence-corrected chi connectivity index (χ0v) is 15.2. The molecule has 0 aliphatic carbocycles. The van der Waals surface area contributed by atoms with E-state index in [2.05, 4.69) is 28.7 Å². The van der Waals surface area contributed by atoms with Gasteiger partial charge in [-0.3, -0.25) is 4.79 Å². The number of likely N-dealkylation sites (tertiary alicyclic amines) is 1. The van der Waals surface area contributed by atoms with E-state index in [9.17, 15) is 4.79 Å². The third-order valence-corrected chi connectivity index (χ3v) is 5.62. The van der Waals surface area contributed by atoms with Crippen molar-refractivity contribution in [1.29, 1.82) is 0 Å². The second-order valence-electron chi connectivity index (χ2n) is 6.43. The molecule has 1 aromatic heterocycles. The smallest absolute Gasteiger partial charge is 0.255 e. The van der Waals surface area contributed by atoms with Gasteiger partial charge in [0, 0.05) is 30.2 Å². The van der Waals surface area contributed by atoms with Gasteiger partial charge in [0.15, 0.2) is 0 Å². The molecule has 1 aliphatic rings. The molecule has 4 nitrogen and oxygen atoms in total. The van der Waals surface area contributed by atoms with Crippen LogP contribution in [-0.4, -0.2) is 48.9 Å². The molecule has 1 fully saturated rings. The van der Waals surface area contributed by atoms with E-state index in [-0.39, 0.29) is 5.91 Å². The molecule has 24 heavy (non-hydrogen) atoms. The SMILES string of the molecule is CN1CCC(N(C)C(=O)c2ccccc2NCc2cccs2)CC1. The molecular weight excluding hydrogens is 318 g/mol. The van der Waals surface area contributed by atoms with Crippen molar-refractivity contribution in [1.82, 2.24) is 9.80 Å². The Morgan fingerprint density at radius 3 is 2.71 bits per heavy atom. The van der Waals surface area contributed by atoms with Gasteiger partial charge in [0.05, 0.1) is 5.56 Å². The summed E-state index contributed by atoms with van der Waals surface area (Å²) in [6.45, 7) is 2.86. The summed E-state index contributed by atoms with van der Waals surface area (Å²) < 4.78 is 0. The average Bonchev–Trinajstić information content (AvgIpc) is 3.13. The van der Waals surface area contributed by atoms with E-state index in [1.54, 1.807) is 11.3 Å². The minimum absolute atomic E-state index is 0.110. The Hall–Kier alpha value is -1.85. The van der Waals surface area contributed by atoms with Gasteiger partial charge in [-0.15, -0.1) is 11.3 Å². The summed E-state index contributed by atoms with van der Waals surface area (Å²) in [7, 11) is 4.08. The lowest BCUT2D eigenvalue weighted by Crippen LogP contribution is -2.44. The first kappa shape index (κ1) is 17.0. The highest BCUT2D eigenvalue weighted by molar-refractivity contribution is 7.09. The number of anilines is 1. The monoisotopic (exact) mass is 343 g/mol. The van der Waals surface area contributed by atoms with Gasteiger partial charge in [0.25, 0.3) is 5.91 Å². The summed E-state index contributed by atoms with van der Waals surface area (Å²) in [4.78, 5) is 18.5. The molecular formula is C19H25N3OS. The standard InChI is InChI=1S/C19H25N3OS/c1-21-11-9-15(10-12-21)22(2)19(23)17-7-3-4-8-18(17)20-14-16-6-5-13-24-16/h3-8,13,15,20H,9-12,14H2,1-2H3. The Morgan fingerprint density at radius 1 is 1.25 bits per heavy atom. The van der Waals surface area contributed by atoms with Gasteiger partial charge in [-0.2, -0.15) is 0 Å². The first-order chi connectivity index (χ1) is 11.6. The van der Waals surface area contributed by atoms with E-state index in [0.29, 0.717) is 6.04 Å². The molecule has 0 spiro atoms. The van der Waals surface area contributed by atoms with E-state index >= 15 is 0 Å². The number of nitrogens with zero attached hydrogens (tertiary/aromatic N) is 2. The van der Waals surface area contributed by atoms with Gasteiger partial charge in [0.2, 0.25) is 0 Å². The van der Waals surface area contributed by atoms with Crippen molar-refractivity contribution in [2.45, 2.75) is 25.4 Å². The Labute approximate surface area is 148 Å². The van der Waals surface area contributed by atoms with Crippen LogP contribution in [0.4, 0.5) is 5.69 Å². The van der Waals surface area contributed by atoms with E-state index in [0.717, 1.165) is 43.7 Å². The minimum atomic E-state index is 0.110. The van der Waals surface area contributed by atoms with Crippen molar-refractivity contribution in [3.63, 3.8) is 0 Å². The maximum absolute atomic E-state index is 13.0. The molecule has 1 aromatic carbocycles. The lowest BCUT2D eigenvalue weighted by atomic mass is 10.0. The van der Waals surface area contributed by atoms with Crippen molar-refractivity contribution in [3.8, 4) is 0 Å². The summed E-state index contributed by atoms with van der Waals surface area (Å²) in [6.07, 6.45) is 2.09. The highest BCUT2D eigenvalue weighted by Crippen LogP contribution is 2.22. The molecule has 1 saturated heterocycles. The molecule has 1 aliphatic heterocycles. The fourth-order valence-corrected chi connectivity index (χ4v) is 3.80. The molecule has 0 saturated carbocycles. The fraction of sp³-hybridized carbons (Fsp3) is 0.421. The van der Waals surface area contributed by atoms with Gasteiger partial charge in [-0.25, -0.2) is 0 Å². The molecule has 5 heteroatoms. The number of thiophene rings is 1. The van der Waals surface area contributed by atoms with E-state index < -0.39 is 0 Å². The zero-order valence-electron chi connectivity index (χ0n) is 14.4. The van der Waals surface area contributed by atoms with Crippen LogP contribution in [0.3, 0.4) is 0 Å². The molecule has 3 rings (SSSR count). The number of amides is 1. The number of hydrogen-bond donors (Lipinski definition) is 1. The molecule has 2 heterocycles. The average molecular weight is 343 g/mol. The van der Waals surface area contributed by atoms with E-state index in [1.165, 1.54) is 4.88 Å². The number of carbonyl (C=O) groups is 1. The third kappa shape index (κ3) is 3.97. The first-order valence-corrected chi connectivity index (χ1v) is 9.34. The largest absolute Gasteiger partial charge is 0.380 e. The van der Waals surface area contributed by atoms with Gasteiger partial charge in [-0.1, -0.05) is 18.2 Å². The van der Waals surface area contributed by atoms with E-state index in [4.69, 9.17) is 0 Å². The van der Waals surface area contributed by atoms with Crippen LogP contribution in [0.2, 0.25) is 0 Å². The maximum Gasteiger partial charge on any atom is 0.255 e. The number of benzene rings is 1. The molecule has 0 atom stereocenters. The first-order valence-electron chi connectivity index (χ1n) is 8.46. The molecule has 0 bridgehead atoms. The highest BCUT2D eigenvalue weighted by Gasteiger charge is 2.25. The van der Waals surface area contributed by atoms with E-state index in [1.807, 2.05) is 42.3 Å². The Kier molecular flexibility index (Phi) is 5.53. The lowest BCUT2D eigenvalue weighted by molar-refractivity contribution is 0.0660. The second kappa shape index (κ2) is 7.81. The van der Waals surface area contributed by atoms with Crippen LogP contribution in [-0.2, 0) is 6.54 Å². The van der Waals surface area contributed by atoms with Gasteiger partial charge in [0.1, 0.15) is 0 Å². The van der Waals surface area contributed by atoms with Crippen LogP contribution in [0.15, 0.2) is 41.8 Å². The molecule has 0 unspecified atom stereocenters. The Morgan fingerprint density at radius 2 is 2.00 bits per heavy atom. The molecule has 1 N–H and O–H groups in total. The minimum Gasteiger partial charge on any atom is -0.380 e. The molecule has 2 aromatic rings. The van der Waals surface area contributed by atoms with Crippen molar-refractivity contribution in [3.05, 3.63) is 52.2 Å². The number of piperidine rings is 1. The van der Waals surface area contributed by atoms with Crippen molar-refractivity contribution in [2.75, 3.05) is 32.5 Å². The van der Waals surface area contributed by atoms with Crippen molar-refractivity contribution < 1.29 is 4.79 Å². The Bertz CT molecular complexity index is 663. The predicted octanol–water partition coefficient (Wildman–Crippen LogP) is 3.53. The molecule has 0 radical (unpaired) electrons. The summed E-state index contributed by atoms with van der Waals surface area (Å²) in [5.74, 6) is 0.110. The van der Waals surface area contributed by atoms with Crippen molar-refractivity contribution in [2.24, 2.45) is 0 Å². The molecule has 128 valence electrons. The quantitative estimate of drug-likeness (QED) is 0.902. The fourth-order valence-electron chi connectivity index (χ4n) is 3.16. The van der Waals surface area contributed by atoms with Crippen LogP contribution in [0.5, 0.6) is 0 Å². The van der Waals surface area contributed by atoms with Crippen LogP contribution in [0.25, 0.3) is 0 Å². The Balaban J connectivity index is 1.69.